The first kappa shape index (κ1) is 12.0. The van der Waals surface area contributed by atoms with Gasteiger partial charge in [-0.05, 0) is 36.5 Å². The molecule has 0 bridgehead atoms. The van der Waals surface area contributed by atoms with Crippen molar-refractivity contribution >= 4 is 21.6 Å². The Labute approximate surface area is 107 Å². The van der Waals surface area contributed by atoms with E-state index in [0.717, 1.165) is 11.2 Å². The fraction of sp³-hybridized carbons (Fsp3) is 0.571. The SMILES string of the molecule is CCC1CCCN(c2ccc(CBr)cc2)C1. The van der Waals surface area contributed by atoms with Crippen LogP contribution in [0.2, 0.25) is 0 Å². The summed E-state index contributed by atoms with van der Waals surface area (Å²) < 4.78 is 0. The van der Waals surface area contributed by atoms with Gasteiger partial charge in [-0.2, -0.15) is 0 Å². The molecule has 1 aromatic rings. The highest BCUT2D eigenvalue weighted by Gasteiger charge is 2.18. The highest BCUT2D eigenvalue weighted by atomic mass is 79.9. The lowest BCUT2D eigenvalue weighted by atomic mass is 9.95. The predicted octanol–water partition coefficient (Wildman–Crippen LogP) is 4.21. The van der Waals surface area contributed by atoms with Gasteiger partial charge in [-0.25, -0.2) is 0 Å². The number of alkyl halides is 1. The molecule has 2 rings (SSSR count). The molecule has 88 valence electrons. The summed E-state index contributed by atoms with van der Waals surface area (Å²) in [4.78, 5) is 2.54. The summed E-state index contributed by atoms with van der Waals surface area (Å²) in [6.07, 6.45) is 4.07. The summed E-state index contributed by atoms with van der Waals surface area (Å²) in [5, 5.41) is 0.949. The third-order valence-electron chi connectivity index (χ3n) is 3.55. The van der Waals surface area contributed by atoms with Crippen molar-refractivity contribution in [2.75, 3.05) is 18.0 Å². The lowest BCUT2D eigenvalue weighted by Gasteiger charge is -2.34. The zero-order valence-electron chi connectivity index (χ0n) is 9.95. The zero-order valence-corrected chi connectivity index (χ0v) is 11.5. The molecule has 1 aliphatic heterocycles. The molecule has 0 amide bonds. The summed E-state index contributed by atoms with van der Waals surface area (Å²) in [5.74, 6) is 0.893. The normalized spacial score (nSPS) is 21.1. The van der Waals surface area contributed by atoms with Crippen LogP contribution in [-0.2, 0) is 5.33 Å². The first-order valence-corrected chi connectivity index (χ1v) is 7.35. The number of piperidine rings is 1. The van der Waals surface area contributed by atoms with Crippen molar-refractivity contribution in [2.24, 2.45) is 5.92 Å². The Morgan fingerprint density at radius 2 is 2.06 bits per heavy atom. The van der Waals surface area contributed by atoms with Crippen molar-refractivity contribution in [3.8, 4) is 0 Å². The number of hydrogen-bond acceptors (Lipinski definition) is 1. The first-order valence-electron chi connectivity index (χ1n) is 6.23. The quantitative estimate of drug-likeness (QED) is 0.751. The zero-order chi connectivity index (χ0) is 11.4. The largest absolute Gasteiger partial charge is 0.371 e. The van der Waals surface area contributed by atoms with E-state index >= 15 is 0 Å². The third kappa shape index (κ3) is 2.79. The van der Waals surface area contributed by atoms with E-state index in [2.05, 4.69) is 52.0 Å². The predicted molar refractivity (Wildman–Crippen MR) is 74.3 cm³/mol. The Morgan fingerprint density at radius 3 is 2.69 bits per heavy atom. The van der Waals surface area contributed by atoms with Crippen LogP contribution >= 0.6 is 15.9 Å². The average molecular weight is 282 g/mol. The van der Waals surface area contributed by atoms with E-state index in [1.165, 1.54) is 43.6 Å². The second kappa shape index (κ2) is 5.72. The molecule has 0 aliphatic carbocycles. The summed E-state index contributed by atoms with van der Waals surface area (Å²) >= 11 is 3.49. The van der Waals surface area contributed by atoms with Crippen LogP contribution in [0.3, 0.4) is 0 Å². The van der Waals surface area contributed by atoms with Crippen LogP contribution in [0.25, 0.3) is 0 Å². The number of nitrogens with zero attached hydrogens (tertiary/aromatic N) is 1. The minimum atomic E-state index is 0.893. The molecule has 16 heavy (non-hydrogen) atoms. The summed E-state index contributed by atoms with van der Waals surface area (Å²) in [5.41, 5.74) is 2.75. The van der Waals surface area contributed by atoms with Crippen LogP contribution in [-0.4, -0.2) is 13.1 Å². The van der Waals surface area contributed by atoms with E-state index in [0.29, 0.717) is 0 Å². The highest BCUT2D eigenvalue weighted by Crippen LogP contribution is 2.25. The van der Waals surface area contributed by atoms with Gasteiger partial charge in [-0.1, -0.05) is 41.4 Å². The van der Waals surface area contributed by atoms with Gasteiger partial charge in [0.25, 0.3) is 0 Å². The molecular formula is C14H20BrN. The van der Waals surface area contributed by atoms with Crippen LogP contribution in [0.1, 0.15) is 31.7 Å². The van der Waals surface area contributed by atoms with Crippen molar-refractivity contribution in [3.63, 3.8) is 0 Å². The van der Waals surface area contributed by atoms with Gasteiger partial charge in [0, 0.05) is 24.1 Å². The van der Waals surface area contributed by atoms with Gasteiger partial charge in [-0.15, -0.1) is 0 Å². The standard InChI is InChI=1S/C14H20BrN/c1-2-12-4-3-9-16(11-12)14-7-5-13(10-15)6-8-14/h5-8,12H,2-4,9-11H2,1H3. The second-order valence-corrected chi connectivity index (χ2v) is 5.22. The molecule has 0 N–H and O–H groups in total. The molecule has 0 aromatic heterocycles. The van der Waals surface area contributed by atoms with Gasteiger partial charge in [-0.3, -0.25) is 0 Å². The van der Waals surface area contributed by atoms with Crippen LogP contribution in [0, 0.1) is 5.92 Å². The smallest absolute Gasteiger partial charge is 0.0366 e. The lowest BCUT2D eigenvalue weighted by Crippen LogP contribution is -2.35. The van der Waals surface area contributed by atoms with Gasteiger partial charge in [0.15, 0.2) is 0 Å². The molecule has 1 heterocycles. The van der Waals surface area contributed by atoms with Gasteiger partial charge < -0.3 is 4.90 Å². The minimum Gasteiger partial charge on any atom is -0.371 e. The van der Waals surface area contributed by atoms with Gasteiger partial charge in [0.05, 0.1) is 0 Å². The van der Waals surface area contributed by atoms with E-state index in [4.69, 9.17) is 0 Å². The third-order valence-corrected chi connectivity index (χ3v) is 4.20. The number of hydrogen-bond donors (Lipinski definition) is 0. The molecule has 1 aliphatic rings. The molecular weight excluding hydrogens is 262 g/mol. The molecule has 1 fully saturated rings. The van der Waals surface area contributed by atoms with E-state index < -0.39 is 0 Å². The Bertz CT molecular complexity index is 320. The lowest BCUT2D eigenvalue weighted by molar-refractivity contribution is 0.405. The number of anilines is 1. The van der Waals surface area contributed by atoms with E-state index in [1.54, 1.807) is 0 Å². The fourth-order valence-corrected chi connectivity index (χ4v) is 2.80. The fourth-order valence-electron chi connectivity index (χ4n) is 2.43. The summed E-state index contributed by atoms with van der Waals surface area (Å²) in [6.45, 7) is 4.77. The monoisotopic (exact) mass is 281 g/mol. The Hall–Kier alpha value is -0.500. The molecule has 2 heteroatoms. The number of benzene rings is 1. The van der Waals surface area contributed by atoms with Crippen LogP contribution in [0.5, 0.6) is 0 Å². The number of rotatable bonds is 3. The van der Waals surface area contributed by atoms with E-state index in [-0.39, 0.29) is 0 Å². The molecule has 1 saturated heterocycles. The summed E-state index contributed by atoms with van der Waals surface area (Å²) in [6, 6.07) is 8.96. The van der Waals surface area contributed by atoms with E-state index in [1.807, 2.05) is 0 Å². The summed E-state index contributed by atoms with van der Waals surface area (Å²) in [7, 11) is 0. The average Bonchev–Trinajstić information content (AvgIpc) is 2.39. The van der Waals surface area contributed by atoms with Crippen molar-refractivity contribution in [2.45, 2.75) is 31.5 Å². The Balaban J connectivity index is 2.05. The Kier molecular flexibility index (Phi) is 4.28. The van der Waals surface area contributed by atoms with Crippen LogP contribution in [0.15, 0.2) is 24.3 Å². The van der Waals surface area contributed by atoms with Crippen molar-refractivity contribution < 1.29 is 0 Å². The highest BCUT2D eigenvalue weighted by molar-refractivity contribution is 9.08. The maximum atomic E-state index is 3.49. The maximum Gasteiger partial charge on any atom is 0.0366 e. The van der Waals surface area contributed by atoms with Gasteiger partial charge in [0.2, 0.25) is 0 Å². The second-order valence-electron chi connectivity index (χ2n) is 4.66. The van der Waals surface area contributed by atoms with Crippen LogP contribution < -0.4 is 4.90 Å². The Morgan fingerprint density at radius 1 is 1.31 bits per heavy atom. The van der Waals surface area contributed by atoms with Gasteiger partial charge in [0.1, 0.15) is 0 Å². The first-order chi connectivity index (χ1) is 7.83. The molecule has 0 radical (unpaired) electrons. The van der Waals surface area contributed by atoms with Crippen molar-refractivity contribution in [3.05, 3.63) is 29.8 Å². The molecule has 1 aromatic carbocycles. The topological polar surface area (TPSA) is 3.24 Å². The van der Waals surface area contributed by atoms with Gasteiger partial charge >= 0.3 is 0 Å². The molecule has 0 spiro atoms. The molecule has 0 saturated carbocycles. The molecule has 1 nitrogen and oxygen atoms in total. The van der Waals surface area contributed by atoms with Crippen molar-refractivity contribution in [1.82, 2.24) is 0 Å². The van der Waals surface area contributed by atoms with E-state index in [9.17, 15) is 0 Å². The van der Waals surface area contributed by atoms with Crippen molar-refractivity contribution in [1.29, 1.82) is 0 Å². The minimum absolute atomic E-state index is 0.893. The molecule has 1 unspecified atom stereocenters. The van der Waals surface area contributed by atoms with Crippen LogP contribution in [0.4, 0.5) is 5.69 Å². The maximum absolute atomic E-state index is 3.49. The molecule has 1 atom stereocenters. The number of halogens is 1.